The Morgan fingerprint density at radius 3 is 2.58 bits per heavy atom. The molecule has 0 N–H and O–H groups in total. The highest BCUT2D eigenvalue weighted by Gasteiger charge is 2.22. The van der Waals surface area contributed by atoms with Crippen LogP contribution in [0.15, 0.2) is 72.2 Å². The number of benzene rings is 2. The van der Waals surface area contributed by atoms with Crippen LogP contribution in [0.1, 0.15) is 11.4 Å². The minimum atomic E-state index is -0.820. The van der Waals surface area contributed by atoms with Gasteiger partial charge in [0.2, 0.25) is 5.91 Å². The first kappa shape index (κ1) is 21.1. The van der Waals surface area contributed by atoms with Crippen molar-refractivity contribution in [3.8, 4) is 10.6 Å². The molecule has 0 radical (unpaired) electrons. The second-order valence-corrected chi connectivity index (χ2v) is 7.96. The number of nitrogens with zero attached hydrogens (tertiary/aromatic N) is 3. The van der Waals surface area contributed by atoms with E-state index in [4.69, 9.17) is 11.6 Å². The van der Waals surface area contributed by atoms with Gasteiger partial charge in [-0.15, -0.1) is 11.3 Å². The van der Waals surface area contributed by atoms with Gasteiger partial charge in [0.1, 0.15) is 16.6 Å². The fraction of sp³-hybridized carbons (Fsp3) is 0.0870. The van der Waals surface area contributed by atoms with Gasteiger partial charge in [-0.3, -0.25) is 9.78 Å². The van der Waals surface area contributed by atoms with E-state index >= 15 is 0 Å². The van der Waals surface area contributed by atoms with Gasteiger partial charge in [-0.25, -0.2) is 13.8 Å². The third-order valence-corrected chi connectivity index (χ3v) is 5.79. The first-order valence-corrected chi connectivity index (χ1v) is 10.6. The summed E-state index contributed by atoms with van der Waals surface area (Å²) in [6, 6.07) is 15.7. The summed E-state index contributed by atoms with van der Waals surface area (Å²) >= 11 is 7.61. The molecule has 4 rings (SSSR count). The van der Waals surface area contributed by atoms with Crippen LogP contribution in [0.4, 0.5) is 14.5 Å². The van der Waals surface area contributed by atoms with E-state index in [0.717, 1.165) is 17.7 Å². The molecule has 0 saturated carbocycles. The largest absolute Gasteiger partial charge is 0.303 e. The fourth-order valence-electron chi connectivity index (χ4n) is 3.06. The van der Waals surface area contributed by atoms with Crippen LogP contribution in [-0.2, 0) is 17.8 Å². The average molecular weight is 456 g/mol. The molecule has 4 aromatic rings. The lowest BCUT2D eigenvalue weighted by molar-refractivity contribution is -0.118. The maximum atomic E-state index is 14.5. The highest BCUT2D eigenvalue weighted by molar-refractivity contribution is 7.13. The molecule has 2 aromatic heterocycles. The molecule has 8 heteroatoms. The molecule has 0 saturated heterocycles. The van der Waals surface area contributed by atoms with Gasteiger partial charge >= 0.3 is 0 Å². The van der Waals surface area contributed by atoms with Crippen molar-refractivity contribution < 1.29 is 13.6 Å². The molecule has 0 aliphatic heterocycles. The number of amides is 1. The molecular formula is C23H16ClF2N3OS. The Labute approximate surface area is 186 Å². The molecule has 156 valence electrons. The van der Waals surface area contributed by atoms with Crippen molar-refractivity contribution in [2.24, 2.45) is 0 Å². The molecule has 0 aliphatic rings. The van der Waals surface area contributed by atoms with Crippen LogP contribution in [0.25, 0.3) is 10.6 Å². The van der Waals surface area contributed by atoms with E-state index < -0.39 is 11.6 Å². The Bertz CT molecular complexity index is 1220. The maximum Gasteiger partial charge on any atom is 0.233 e. The number of hydrogen-bond acceptors (Lipinski definition) is 4. The maximum absolute atomic E-state index is 14.5. The van der Waals surface area contributed by atoms with Crippen LogP contribution in [0.3, 0.4) is 0 Å². The van der Waals surface area contributed by atoms with E-state index in [2.05, 4.69) is 9.97 Å². The zero-order valence-corrected chi connectivity index (χ0v) is 17.7. The number of pyridine rings is 1. The average Bonchev–Trinajstić information content (AvgIpc) is 3.21. The van der Waals surface area contributed by atoms with Crippen LogP contribution < -0.4 is 4.90 Å². The SMILES string of the molecule is O=C(Cc1csc(-c2ccccc2Cl)n1)N(Cc1ccccn1)c1ccc(F)cc1F. The summed E-state index contributed by atoms with van der Waals surface area (Å²) in [5.74, 6) is -1.91. The van der Waals surface area contributed by atoms with Crippen molar-refractivity contribution in [2.75, 3.05) is 4.90 Å². The summed E-state index contributed by atoms with van der Waals surface area (Å²) in [6.07, 6.45) is 1.54. The van der Waals surface area contributed by atoms with E-state index in [0.29, 0.717) is 21.4 Å². The number of anilines is 1. The van der Waals surface area contributed by atoms with Crippen LogP contribution >= 0.6 is 22.9 Å². The highest BCUT2D eigenvalue weighted by atomic mass is 35.5. The van der Waals surface area contributed by atoms with Crippen molar-refractivity contribution in [2.45, 2.75) is 13.0 Å². The molecule has 0 atom stereocenters. The number of aromatic nitrogens is 2. The number of rotatable bonds is 6. The van der Waals surface area contributed by atoms with E-state index in [-0.39, 0.29) is 24.6 Å². The van der Waals surface area contributed by atoms with Crippen molar-refractivity contribution in [3.05, 3.63) is 100 Å². The molecule has 1 amide bonds. The first-order chi connectivity index (χ1) is 15.0. The highest BCUT2D eigenvalue weighted by Crippen LogP contribution is 2.30. The minimum absolute atomic E-state index is 0.0152. The molecule has 4 nitrogen and oxygen atoms in total. The van der Waals surface area contributed by atoms with Gasteiger partial charge in [0.05, 0.1) is 35.1 Å². The lowest BCUT2D eigenvalue weighted by Gasteiger charge is -2.23. The van der Waals surface area contributed by atoms with Gasteiger partial charge < -0.3 is 4.90 Å². The van der Waals surface area contributed by atoms with Crippen LogP contribution in [0.5, 0.6) is 0 Å². The van der Waals surface area contributed by atoms with E-state index in [1.807, 2.05) is 18.2 Å². The predicted octanol–water partition coefficient (Wildman–Crippen LogP) is 5.91. The monoisotopic (exact) mass is 455 g/mol. The number of halogens is 3. The van der Waals surface area contributed by atoms with Gasteiger partial charge in [0.15, 0.2) is 0 Å². The normalized spacial score (nSPS) is 10.8. The summed E-state index contributed by atoms with van der Waals surface area (Å²) in [5.41, 5.74) is 1.88. The number of hydrogen-bond donors (Lipinski definition) is 0. The quantitative estimate of drug-likeness (QED) is 0.363. The van der Waals surface area contributed by atoms with E-state index in [1.165, 1.54) is 22.3 Å². The summed E-state index contributed by atoms with van der Waals surface area (Å²) in [4.78, 5) is 23.1. The minimum Gasteiger partial charge on any atom is -0.303 e. The molecule has 0 spiro atoms. The fourth-order valence-corrected chi connectivity index (χ4v) is 4.20. The molecular weight excluding hydrogens is 440 g/mol. The molecule has 0 aliphatic carbocycles. The summed E-state index contributed by atoms with van der Waals surface area (Å²) in [6.45, 7) is 0.0454. The summed E-state index contributed by atoms with van der Waals surface area (Å²) in [5, 5.41) is 3.04. The van der Waals surface area contributed by atoms with Gasteiger partial charge in [0.25, 0.3) is 0 Å². The van der Waals surface area contributed by atoms with Crippen molar-refractivity contribution in [1.82, 2.24) is 9.97 Å². The number of carbonyl (C=O) groups is 1. The molecule has 0 unspecified atom stereocenters. The zero-order valence-electron chi connectivity index (χ0n) is 16.1. The Morgan fingerprint density at radius 1 is 1.03 bits per heavy atom. The Hall–Kier alpha value is -3.16. The van der Waals surface area contributed by atoms with Crippen molar-refractivity contribution in [1.29, 1.82) is 0 Å². The Kier molecular flexibility index (Phi) is 6.34. The van der Waals surface area contributed by atoms with Crippen molar-refractivity contribution >= 4 is 34.5 Å². The van der Waals surface area contributed by atoms with Crippen LogP contribution in [0.2, 0.25) is 5.02 Å². The summed E-state index contributed by atoms with van der Waals surface area (Å²) in [7, 11) is 0. The number of thiazole rings is 1. The topological polar surface area (TPSA) is 46.1 Å². The molecule has 2 heterocycles. The zero-order chi connectivity index (χ0) is 21.8. The third kappa shape index (κ3) is 4.95. The van der Waals surface area contributed by atoms with E-state index in [1.54, 1.807) is 35.8 Å². The molecule has 0 fully saturated rings. The molecule has 2 aromatic carbocycles. The standard InChI is InChI=1S/C23H16ClF2N3OS/c24-19-7-2-1-6-18(19)23-28-17(14-31-23)12-22(30)29(13-16-5-3-4-10-27-16)21-9-8-15(25)11-20(21)26/h1-11,14H,12-13H2. The smallest absolute Gasteiger partial charge is 0.233 e. The molecule has 31 heavy (non-hydrogen) atoms. The number of carbonyl (C=O) groups excluding carboxylic acids is 1. The van der Waals surface area contributed by atoms with Crippen molar-refractivity contribution in [3.63, 3.8) is 0 Å². The van der Waals surface area contributed by atoms with Gasteiger partial charge in [-0.2, -0.15) is 0 Å². The van der Waals surface area contributed by atoms with E-state index in [9.17, 15) is 13.6 Å². The first-order valence-electron chi connectivity index (χ1n) is 9.36. The van der Waals surface area contributed by atoms with Gasteiger partial charge in [-0.1, -0.05) is 35.9 Å². The summed E-state index contributed by atoms with van der Waals surface area (Å²) < 4.78 is 27.9. The van der Waals surface area contributed by atoms with Gasteiger partial charge in [0, 0.05) is 23.2 Å². The Balaban J connectivity index is 1.61. The van der Waals surface area contributed by atoms with Crippen LogP contribution in [0, 0.1) is 11.6 Å². The second kappa shape index (κ2) is 9.32. The Morgan fingerprint density at radius 2 is 1.84 bits per heavy atom. The van der Waals surface area contributed by atoms with Crippen LogP contribution in [-0.4, -0.2) is 15.9 Å². The third-order valence-electron chi connectivity index (χ3n) is 4.54. The molecule has 0 bridgehead atoms. The second-order valence-electron chi connectivity index (χ2n) is 6.70. The predicted molar refractivity (Wildman–Crippen MR) is 118 cm³/mol. The lowest BCUT2D eigenvalue weighted by Crippen LogP contribution is -2.33. The lowest BCUT2D eigenvalue weighted by atomic mass is 10.2. The van der Waals surface area contributed by atoms with Gasteiger partial charge in [-0.05, 0) is 30.3 Å².